The molecule has 2 N–H and O–H groups in total. The maximum absolute atomic E-state index is 9.19. The first-order valence-electron chi connectivity index (χ1n) is 5.58. The fourth-order valence-electron chi connectivity index (χ4n) is 2.13. The minimum atomic E-state index is -0.304. The lowest BCUT2D eigenvalue weighted by Gasteiger charge is -2.22. The number of nitrogens with zero attached hydrogens (tertiary/aromatic N) is 1. The van der Waals surface area contributed by atoms with E-state index in [0.717, 1.165) is 25.8 Å². The van der Waals surface area contributed by atoms with E-state index in [9.17, 15) is 5.26 Å². The Bertz CT molecular complexity index is 241. The SMILES string of the molecule is CCNC1(C#N)CCC(SC(C)CO)C1. The Hall–Kier alpha value is -0.240. The summed E-state index contributed by atoms with van der Waals surface area (Å²) in [6.07, 6.45) is 2.93. The third-order valence-corrected chi connectivity index (χ3v) is 4.28. The molecule has 4 heteroatoms. The minimum Gasteiger partial charge on any atom is -0.395 e. The number of rotatable bonds is 5. The first-order valence-corrected chi connectivity index (χ1v) is 6.52. The van der Waals surface area contributed by atoms with Gasteiger partial charge in [-0.1, -0.05) is 13.8 Å². The highest BCUT2D eigenvalue weighted by Gasteiger charge is 2.39. The number of thioether (sulfide) groups is 1. The van der Waals surface area contributed by atoms with Crippen LogP contribution in [0.25, 0.3) is 0 Å². The Kier molecular flexibility index (Phi) is 4.91. The Balaban J connectivity index is 2.46. The first-order chi connectivity index (χ1) is 7.15. The van der Waals surface area contributed by atoms with Gasteiger partial charge in [0.25, 0.3) is 0 Å². The normalized spacial score (nSPS) is 32.5. The number of aliphatic hydroxyl groups excluding tert-OH is 1. The van der Waals surface area contributed by atoms with Crippen molar-refractivity contribution < 1.29 is 5.11 Å². The summed E-state index contributed by atoms with van der Waals surface area (Å²) in [4.78, 5) is 0. The Morgan fingerprint density at radius 1 is 1.73 bits per heavy atom. The van der Waals surface area contributed by atoms with Gasteiger partial charge in [-0.2, -0.15) is 17.0 Å². The molecule has 15 heavy (non-hydrogen) atoms. The van der Waals surface area contributed by atoms with Crippen LogP contribution in [0.2, 0.25) is 0 Å². The Morgan fingerprint density at radius 2 is 2.47 bits per heavy atom. The summed E-state index contributed by atoms with van der Waals surface area (Å²) in [7, 11) is 0. The van der Waals surface area contributed by atoms with Crippen LogP contribution in [0.5, 0.6) is 0 Å². The first kappa shape index (κ1) is 12.8. The van der Waals surface area contributed by atoms with Crippen LogP contribution in [-0.2, 0) is 0 Å². The lowest BCUT2D eigenvalue weighted by Crippen LogP contribution is -2.41. The molecule has 0 aromatic rings. The van der Waals surface area contributed by atoms with Gasteiger partial charge in [0.05, 0.1) is 12.7 Å². The highest BCUT2D eigenvalue weighted by atomic mass is 32.2. The Labute approximate surface area is 96.2 Å². The van der Waals surface area contributed by atoms with Crippen molar-refractivity contribution in [3.63, 3.8) is 0 Å². The smallest absolute Gasteiger partial charge is 0.107 e. The van der Waals surface area contributed by atoms with Crippen LogP contribution in [0, 0.1) is 11.3 Å². The molecule has 1 aliphatic carbocycles. The largest absolute Gasteiger partial charge is 0.395 e. The zero-order valence-electron chi connectivity index (χ0n) is 9.49. The zero-order chi connectivity index (χ0) is 11.3. The molecule has 3 unspecified atom stereocenters. The number of nitriles is 1. The van der Waals surface area contributed by atoms with E-state index in [2.05, 4.69) is 11.4 Å². The van der Waals surface area contributed by atoms with Gasteiger partial charge in [0.2, 0.25) is 0 Å². The molecule has 1 aliphatic rings. The van der Waals surface area contributed by atoms with E-state index >= 15 is 0 Å². The summed E-state index contributed by atoms with van der Waals surface area (Å²) < 4.78 is 0. The fraction of sp³-hybridized carbons (Fsp3) is 0.909. The van der Waals surface area contributed by atoms with Crippen LogP contribution in [-0.4, -0.2) is 34.3 Å². The highest BCUT2D eigenvalue weighted by Crippen LogP contribution is 2.38. The van der Waals surface area contributed by atoms with Crippen molar-refractivity contribution in [2.45, 2.75) is 49.1 Å². The molecule has 0 aromatic heterocycles. The molecule has 1 fully saturated rings. The molecule has 0 radical (unpaired) electrons. The van der Waals surface area contributed by atoms with Crippen molar-refractivity contribution in [3.05, 3.63) is 0 Å². The number of nitrogens with one attached hydrogen (secondary N) is 1. The van der Waals surface area contributed by atoms with Gasteiger partial charge < -0.3 is 5.11 Å². The van der Waals surface area contributed by atoms with Crippen molar-refractivity contribution in [1.29, 1.82) is 5.26 Å². The third-order valence-electron chi connectivity index (χ3n) is 2.88. The standard InChI is InChI=1S/C11H20N2OS/c1-3-13-11(8-12)5-4-10(6-11)15-9(2)7-14/h9-10,13-14H,3-7H2,1-2H3. The van der Waals surface area contributed by atoms with Gasteiger partial charge >= 0.3 is 0 Å². The predicted octanol–water partition coefficient (Wildman–Crippen LogP) is 1.52. The number of hydrogen-bond acceptors (Lipinski definition) is 4. The molecule has 0 amide bonds. The lowest BCUT2D eigenvalue weighted by atomic mass is 10.0. The van der Waals surface area contributed by atoms with E-state index in [1.807, 2.05) is 25.6 Å². The second-order valence-corrected chi connectivity index (χ2v) is 5.96. The quantitative estimate of drug-likeness (QED) is 0.749. The molecule has 0 heterocycles. The number of hydrogen-bond donors (Lipinski definition) is 2. The molecule has 0 bridgehead atoms. The second kappa shape index (κ2) is 5.74. The van der Waals surface area contributed by atoms with Crippen molar-refractivity contribution in [2.75, 3.05) is 13.2 Å². The van der Waals surface area contributed by atoms with Crippen LogP contribution in [0.4, 0.5) is 0 Å². The molecular weight excluding hydrogens is 208 g/mol. The molecule has 0 saturated heterocycles. The van der Waals surface area contributed by atoms with Crippen LogP contribution < -0.4 is 5.32 Å². The monoisotopic (exact) mass is 228 g/mol. The summed E-state index contributed by atoms with van der Waals surface area (Å²) >= 11 is 1.81. The molecular formula is C11H20N2OS. The van der Waals surface area contributed by atoms with Crippen LogP contribution >= 0.6 is 11.8 Å². The van der Waals surface area contributed by atoms with Gasteiger partial charge in [-0.3, -0.25) is 5.32 Å². The summed E-state index contributed by atoms with van der Waals surface area (Å²) in [5.74, 6) is 0. The second-order valence-electron chi connectivity index (χ2n) is 4.22. The van der Waals surface area contributed by atoms with Crippen LogP contribution in [0.3, 0.4) is 0 Å². The van der Waals surface area contributed by atoms with E-state index in [-0.39, 0.29) is 17.4 Å². The summed E-state index contributed by atoms with van der Waals surface area (Å²) in [6, 6.07) is 2.41. The maximum atomic E-state index is 9.19. The van der Waals surface area contributed by atoms with Crippen molar-refractivity contribution >= 4 is 11.8 Å². The van der Waals surface area contributed by atoms with Gasteiger partial charge in [-0.05, 0) is 25.8 Å². The molecule has 0 aliphatic heterocycles. The van der Waals surface area contributed by atoms with Crippen molar-refractivity contribution in [1.82, 2.24) is 5.32 Å². The van der Waals surface area contributed by atoms with Gasteiger partial charge in [0, 0.05) is 10.5 Å². The highest BCUT2D eigenvalue weighted by molar-refractivity contribution is 8.00. The van der Waals surface area contributed by atoms with Gasteiger partial charge in [0.15, 0.2) is 0 Å². The average molecular weight is 228 g/mol. The van der Waals surface area contributed by atoms with Crippen LogP contribution in [0.15, 0.2) is 0 Å². The van der Waals surface area contributed by atoms with Crippen molar-refractivity contribution in [2.24, 2.45) is 0 Å². The van der Waals surface area contributed by atoms with E-state index in [1.165, 1.54) is 0 Å². The molecule has 1 rings (SSSR count). The average Bonchev–Trinajstić information content (AvgIpc) is 2.63. The van der Waals surface area contributed by atoms with Gasteiger partial charge in [-0.25, -0.2) is 0 Å². The van der Waals surface area contributed by atoms with Crippen LogP contribution in [0.1, 0.15) is 33.1 Å². The third kappa shape index (κ3) is 3.37. The molecule has 3 nitrogen and oxygen atoms in total. The molecule has 86 valence electrons. The van der Waals surface area contributed by atoms with E-state index in [1.54, 1.807) is 0 Å². The molecule has 0 aromatic carbocycles. The minimum absolute atomic E-state index is 0.224. The summed E-state index contributed by atoms with van der Waals surface area (Å²) in [5, 5.41) is 22.3. The maximum Gasteiger partial charge on any atom is 0.107 e. The van der Waals surface area contributed by atoms with Gasteiger partial charge in [0.1, 0.15) is 5.54 Å². The molecule has 1 saturated carbocycles. The van der Waals surface area contributed by atoms with E-state index in [0.29, 0.717) is 5.25 Å². The topological polar surface area (TPSA) is 56.0 Å². The van der Waals surface area contributed by atoms with E-state index < -0.39 is 0 Å². The number of aliphatic hydroxyl groups is 1. The summed E-state index contributed by atoms with van der Waals surface area (Å²) in [5.41, 5.74) is -0.304. The molecule has 3 atom stereocenters. The van der Waals surface area contributed by atoms with E-state index in [4.69, 9.17) is 5.11 Å². The van der Waals surface area contributed by atoms with Gasteiger partial charge in [-0.15, -0.1) is 0 Å². The lowest BCUT2D eigenvalue weighted by molar-refractivity contribution is 0.299. The van der Waals surface area contributed by atoms with Crippen molar-refractivity contribution in [3.8, 4) is 6.07 Å². The summed E-state index contributed by atoms with van der Waals surface area (Å²) in [6.45, 7) is 5.14. The fourth-order valence-corrected chi connectivity index (χ4v) is 3.51. The predicted molar refractivity (Wildman–Crippen MR) is 63.8 cm³/mol. The molecule has 0 spiro atoms. The Morgan fingerprint density at radius 3 is 3.00 bits per heavy atom. The zero-order valence-corrected chi connectivity index (χ0v) is 10.3.